The highest BCUT2D eigenvalue weighted by Gasteiger charge is 2.14. The fourth-order valence-electron chi connectivity index (χ4n) is 2.44. The maximum Gasteiger partial charge on any atom is 0.329 e. The zero-order chi connectivity index (χ0) is 14.5. The Morgan fingerprint density at radius 2 is 2.05 bits per heavy atom. The van der Waals surface area contributed by atoms with E-state index in [-0.39, 0.29) is 11.5 Å². The van der Waals surface area contributed by atoms with Crippen LogP contribution >= 0.6 is 0 Å². The maximum atomic E-state index is 11.7. The molecule has 1 aliphatic rings. The Balaban J connectivity index is 1.86. The number of ether oxygens (including phenoxy) is 1. The van der Waals surface area contributed by atoms with Crippen LogP contribution in [0.1, 0.15) is 32.1 Å². The van der Waals surface area contributed by atoms with E-state index in [9.17, 15) is 9.59 Å². The Hall–Kier alpha value is -1.76. The second-order valence-corrected chi connectivity index (χ2v) is 5.14. The number of nitrogens with zero attached hydrogens (tertiary/aromatic N) is 1. The number of nitrogen functional groups attached to an aromatic ring is 1. The first-order valence-electron chi connectivity index (χ1n) is 7.04. The summed E-state index contributed by atoms with van der Waals surface area (Å²) in [6.45, 7) is 1.01. The van der Waals surface area contributed by atoms with Crippen LogP contribution in [0, 0.1) is 0 Å². The lowest BCUT2D eigenvalue weighted by Crippen LogP contribution is -2.33. The predicted octanol–water partition coefficient (Wildman–Crippen LogP) is 0.417. The molecule has 0 bridgehead atoms. The summed E-state index contributed by atoms with van der Waals surface area (Å²) in [6, 6.07) is 0. The van der Waals surface area contributed by atoms with Crippen molar-refractivity contribution >= 4 is 11.5 Å². The monoisotopic (exact) mass is 282 g/mol. The smallest absolute Gasteiger partial charge is 0.329 e. The van der Waals surface area contributed by atoms with E-state index >= 15 is 0 Å². The molecule has 1 aromatic heterocycles. The number of aromatic amines is 1. The van der Waals surface area contributed by atoms with E-state index in [1.165, 1.54) is 30.9 Å². The van der Waals surface area contributed by atoms with Crippen LogP contribution in [-0.4, -0.2) is 28.8 Å². The van der Waals surface area contributed by atoms with Gasteiger partial charge in [0, 0.05) is 13.6 Å². The van der Waals surface area contributed by atoms with Gasteiger partial charge in [-0.15, -0.1) is 0 Å². The van der Waals surface area contributed by atoms with Crippen LogP contribution in [-0.2, 0) is 11.8 Å². The molecule has 2 rings (SSSR count). The molecule has 0 spiro atoms. The van der Waals surface area contributed by atoms with Gasteiger partial charge in [0.25, 0.3) is 5.56 Å². The van der Waals surface area contributed by atoms with Crippen LogP contribution in [0.15, 0.2) is 9.59 Å². The summed E-state index contributed by atoms with van der Waals surface area (Å²) in [7, 11) is 1.51. The van der Waals surface area contributed by atoms with E-state index in [1.807, 2.05) is 0 Å². The van der Waals surface area contributed by atoms with Gasteiger partial charge in [0.15, 0.2) is 0 Å². The Morgan fingerprint density at radius 1 is 1.35 bits per heavy atom. The van der Waals surface area contributed by atoms with Crippen molar-refractivity contribution in [2.24, 2.45) is 7.05 Å². The van der Waals surface area contributed by atoms with Gasteiger partial charge in [0.1, 0.15) is 11.5 Å². The third-order valence-electron chi connectivity index (χ3n) is 3.68. The number of hydrogen-bond donors (Lipinski definition) is 3. The van der Waals surface area contributed by atoms with E-state index < -0.39 is 11.2 Å². The summed E-state index contributed by atoms with van der Waals surface area (Å²) < 4.78 is 6.95. The molecule has 0 amide bonds. The van der Waals surface area contributed by atoms with Crippen molar-refractivity contribution in [3.8, 4) is 0 Å². The van der Waals surface area contributed by atoms with Crippen molar-refractivity contribution in [2.75, 3.05) is 24.2 Å². The summed E-state index contributed by atoms with van der Waals surface area (Å²) in [5.41, 5.74) is 4.96. The minimum atomic E-state index is -0.517. The average molecular weight is 282 g/mol. The first-order valence-corrected chi connectivity index (χ1v) is 7.04. The van der Waals surface area contributed by atoms with Gasteiger partial charge in [-0.05, 0) is 12.8 Å². The highest BCUT2D eigenvalue weighted by atomic mass is 16.5. The SMILES string of the molecule is Cn1c(N)c(NCCOC2CCCCC2)c(=O)[nH]c1=O. The number of nitrogens with two attached hydrogens (primary N) is 1. The van der Waals surface area contributed by atoms with Crippen LogP contribution < -0.4 is 22.3 Å². The summed E-state index contributed by atoms with van der Waals surface area (Å²) >= 11 is 0. The van der Waals surface area contributed by atoms with E-state index in [2.05, 4.69) is 10.3 Å². The highest BCUT2D eigenvalue weighted by molar-refractivity contribution is 5.60. The molecule has 1 fully saturated rings. The van der Waals surface area contributed by atoms with Crippen molar-refractivity contribution in [1.29, 1.82) is 0 Å². The Bertz CT molecular complexity index is 558. The summed E-state index contributed by atoms with van der Waals surface area (Å²) in [5, 5.41) is 2.94. The second-order valence-electron chi connectivity index (χ2n) is 5.14. The molecule has 112 valence electrons. The zero-order valence-corrected chi connectivity index (χ0v) is 11.8. The molecule has 1 heterocycles. The van der Waals surface area contributed by atoms with E-state index in [4.69, 9.17) is 10.5 Å². The van der Waals surface area contributed by atoms with Crippen LogP contribution in [0.4, 0.5) is 11.5 Å². The van der Waals surface area contributed by atoms with Gasteiger partial charge in [-0.2, -0.15) is 0 Å². The van der Waals surface area contributed by atoms with Gasteiger partial charge in [-0.3, -0.25) is 14.3 Å². The highest BCUT2D eigenvalue weighted by Crippen LogP contribution is 2.20. The molecule has 7 heteroatoms. The number of rotatable bonds is 5. The molecule has 4 N–H and O–H groups in total. The van der Waals surface area contributed by atoms with Crippen molar-refractivity contribution in [2.45, 2.75) is 38.2 Å². The molecular formula is C13H22N4O3. The van der Waals surface area contributed by atoms with Gasteiger partial charge in [-0.25, -0.2) is 4.79 Å². The Labute approximate surface area is 117 Å². The number of nitrogens with one attached hydrogen (secondary N) is 2. The lowest BCUT2D eigenvalue weighted by molar-refractivity contribution is 0.0347. The minimum absolute atomic E-state index is 0.136. The molecule has 0 unspecified atom stereocenters. The van der Waals surface area contributed by atoms with Crippen LogP contribution in [0.3, 0.4) is 0 Å². The summed E-state index contributed by atoms with van der Waals surface area (Å²) in [5.74, 6) is 0.136. The first kappa shape index (κ1) is 14.6. The lowest BCUT2D eigenvalue weighted by Gasteiger charge is -2.22. The lowest BCUT2D eigenvalue weighted by atomic mass is 9.98. The fraction of sp³-hybridized carbons (Fsp3) is 0.692. The summed E-state index contributed by atoms with van der Waals surface area (Å²) in [6.07, 6.45) is 6.31. The van der Waals surface area contributed by atoms with Gasteiger partial charge in [-0.1, -0.05) is 19.3 Å². The van der Waals surface area contributed by atoms with Gasteiger partial charge in [0.2, 0.25) is 0 Å². The third-order valence-corrected chi connectivity index (χ3v) is 3.68. The van der Waals surface area contributed by atoms with Gasteiger partial charge in [0.05, 0.1) is 12.7 Å². The molecule has 0 aromatic carbocycles. The molecule has 7 nitrogen and oxygen atoms in total. The number of aromatic nitrogens is 2. The summed E-state index contributed by atoms with van der Waals surface area (Å²) in [4.78, 5) is 25.2. The molecular weight excluding hydrogens is 260 g/mol. The molecule has 1 aliphatic carbocycles. The normalized spacial score (nSPS) is 16.2. The minimum Gasteiger partial charge on any atom is -0.383 e. The molecule has 1 aromatic rings. The van der Waals surface area contributed by atoms with Gasteiger partial charge < -0.3 is 15.8 Å². The quantitative estimate of drug-likeness (QED) is 0.679. The van der Waals surface area contributed by atoms with Crippen molar-refractivity contribution in [3.05, 3.63) is 20.8 Å². The topological polar surface area (TPSA) is 102 Å². The fourth-order valence-corrected chi connectivity index (χ4v) is 2.44. The zero-order valence-electron chi connectivity index (χ0n) is 11.8. The van der Waals surface area contributed by atoms with Crippen LogP contribution in [0.2, 0.25) is 0 Å². The van der Waals surface area contributed by atoms with Crippen LogP contribution in [0.5, 0.6) is 0 Å². The largest absolute Gasteiger partial charge is 0.383 e. The second kappa shape index (κ2) is 6.60. The maximum absolute atomic E-state index is 11.7. The predicted molar refractivity (Wildman–Crippen MR) is 78.0 cm³/mol. The average Bonchev–Trinajstić information content (AvgIpc) is 2.45. The Kier molecular flexibility index (Phi) is 4.84. The Morgan fingerprint density at radius 3 is 2.75 bits per heavy atom. The number of H-pyrrole nitrogens is 1. The number of anilines is 2. The molecule has 1 saturated carbocycles. The standard InChI is InChI=1S/C13H22N4O3/c1-17-11(14)10(12(18)16-13(17)19)15-7-8-20-9-5-3-2-4-6-9/h9,15H,2-8,14H2,1H3,(H,16,18,19). The molecule has 0 aliphatic heterocycles. The first-order chi connectivity index (χ1) is 9.59. The molecule has 0 radical (unpaired) electrons. The molecule has 0 atom stereocenters. The molecule has 0 saturated heterocycles. The van der Waals surface area contributed by atoms with Crippen molar-refractivity contribution in [3.63, 3.8) is 0 Å². The molecule has 20 heavy (non-hydrogen) atoms. The van der Waals surface area contributed by atoms with Crippen LogP contribution in [0.25, 0.3) is 0 Å². The van der Waals surface area contributed by atoms with Crippen molar-refractivity contribution < 1.29 is 4.74 Å². The van der Waals surface area contributed by atoms with Crippen molar-refractivity contribution in [1.82, 2.24) is 9.55 Å². The van der Waals surface area contributed by atoms with Gasteiger partial charge >= 0.3 is 5.69 Å². The third kappa shape index (κ3) is 3.41. The number of hydrogen-bond acceptors (Lipinski definition) is 5. The van der Waals surface area contributed by atoms with E-state index in [1.54, 1.807) is 0 Å². The van der Waals surface area contributed by atoms with E-state index in [0.29, 0.717) is 19.3 Å². The van der Waals surface area contributed by atoms with E-state index in [0.717, 1.165) is 12.8 Å².